The largest absolute Gasteiger partial charge is 0.353 e. The Morgan fingerprint density at radius 3 is 2.59 bits per heavy atom. The van der Waals surface area contributed by atoms with Gasteiger partial charge in [-0.1, -0.05) is 20.3 Å². The fourth-order valence-corrected chi connectivity index (χ4v) is 8.74. The molecule has 0 radical (unpaired) electrons. The van der Waals surface area contributed by atoms with Crippen molar-refractivity contribution in [3.63, 3.8) is 0 Å². The topological polar surface area (TPSA) is 110 Å². The lowest BCUT2D eigenvalue weighted by Crippen LogP contribution is -2.54. The predicted octanol–water partition coefficient (Wildman–Crippen LogP) is 3.87. The van der Waals surface area contributed by atoms with Crippen molar-refractivity contribution >= 4 is 17.5 Å². The number of amides is 2. The second-order valence-corrected chi connectivity index (χ2v) is 12.1. The van der Waals surface area contributed by atoms with Gasteiger partial charge in [0.1, 0.15) is 5.69 Å². The predicted molar refractivity (Wildman–Crippen MR) is 131 cm³/mol. The van der Waals surface area contributed by atoms with Crippen LogP contribution in [-0.4, -0.2) is 33.1 Å². The van der Waals surface area contributed by atoms with Crippen molar-refractivity contribution < 1.29 is 9.59 Å². The fraction of sp³-hybridized carbons (Fsp3) is 0.808. The Morgan fingerprint density at radius 2 is 1.85 bits per heavy atom. The lowest BCUT2D eigenvalue weighted by Gasteiger charge is -2.56. The number of Topliss-reactive ketones (excluding diaryl/α,β-unsaturated/α-hetero) is 1. The van der Waals surface area contributed by atoms with Crippen molar-refractivity contribution in [3.05, 3.63) is 12.4 Å². The smallest absolute Gasteiger partial charge is 0.297 e. The highest BCUT2D eigenvalue weighted by atomic mass is 16.2. The minimum Gasteiger partial charge on any atom is -0.297 e. The molecule has 8 heteroatoms. The Bertz CT molecular complexity index is 932. The van der Waals surface area contributed by atoms with Crippen molar-refractivity contribution in [2.45, 2.75) is 71.6 Å². The van der Waals surface area contributed by atoms with Crippen LogP contribution in [0.1, 0.15) is 71.6 Å². The van der Waals surface area contributed by atoms with Crippen LogP contribution in [0, 0.1) is 46.8 Å². The number of hydrazine groups is 2. The standard InChI is InChI=1S/C26H42N6O2/c1-16-4-6-19-17(12-16)5-7-21-20(19)10-11-26(2)22(21)8-9-23(26)24(33)15-31(27)25(34)32(28)18-13-29-30(3)14-18/h13-14,16-17,19-23H,4-12,15,27-28H2,1-3H3. The maximum absolute atomic E-state index is 13.5. The van der Waals surface area contributed by atoms with Crippen LogP contribution in [-0.2, 0) is 11.8 Å². The van der Waals surface area contributed by atoms with Crippen LogP contribution in [0.5, 0.6) is 0 Å². The minimum atomic E-state index is -0.602. The number of anilines is 1. The minimum absolute atomic E-state index is 0.0222. The number of nitrogens with two attached hydrogens (primary N) is 2. The van der Waals surface area contributed by atoms with Gasteiger partial charge in [0, 0.05) is 19.2 Å². The normalized spacial score (nSPS) is 39.0. The summed E-state index contributed by atoms with van der Waals surface area (Å²) in [7, 11) is 1.75. The van der Waals surface area contributed by atoms with E-state index in [1.165, 1.54) is 44.7 Å². The number of ketones is 1. The molecular weight excluding hydrogens is 428 g/mol. The SMILES string of the molecule is CC1CCC2C(CCC3C2CCC2(C)C(C(=O)CN(N)C(=O)N(N)c4cnn(C)c4)CCC32)C1. The van der Waals surface area contributed by atoms with E-state index in [9.17, 15) is 9.59 Å². The van der Waals surface area contributed by atoms with E-state index >= 15 is 0 Å². The zero-order valence-corrected chi connectivity index (χ0v) is 21.0. The van der Waals surface area contributed by atoms with Crippen molar-refractivity contribution in [3.8, 4) is 0 Å². The molecule has 0 aliphatic heterocycles. The summed E-state index contributed by atoms with van der Waals surface area (Å²) in [5, 5.41) is 5.95. The summed E-state index contributed by atoms with van der Waals surface area (Å²) in [6, 6.07) is -0.602. The van der Waals surface area contributed by atoms with Gasteiger partial charge >= 0.3 is 6.03 Å². The second-order valence-electron chi connectivity index (χ2n) is 12.1. The summed E-state index contributed by atoms with van der Waals surface area (Å²) < 4.78 is 1.56. The van der Waals surface area contributed by atoms with Gasteiger partial charge in [-0.05, 0) is 92.3 Å². The van der Waals surface area contributed by atoms with Crippen molar-refractivity contribution in [2.24, 2.45) is 65.6 Å². The number of hydrogen-bond donors (Lipinski definition) is 2. The molecular formula is C26H42N6O2. The molecule has 1 aromatic heterocycles. The lowest BCUT2D eigenvalue weighted by molar-refractivity contribution is -0.131. The quantitative estimate of drug-likeness (QED) is 0.394. The molecule has 4 aliphatic rings. The average molecular weight is 471 g/mol. The van der Waals surface area contributed by atoms with Crippen LogP contribution in [0.4, 0.5) is 10.5 Å². The molecule has 5 rings (SSSR count). The summed E-state index contributed by atoms with van der Waals surface area (Å²) in [5.41, 5.74) is 0.470. The van der Waals surface area contributed by atoms with E-state index in [1.54, 1.807) is 17.9 Å². The van der Waals surface area contributed by atoms with Gasteiger partial charge in [-0.3, -0.25) is 14.5 Å². The Balaban J connectivity index is 1.24. The van der Waals surface area contributed by atoms with E-state index in [2.05, 4.69) is 18.9 Å². The van der Waals surface area contributed by atoms with Crippen LogP contribution in [0.25, 0.3) is 0 Å². The van der Waals surface area contributed by atoms with Gasteiger partial charge in [0.2, 0.25) is 0 Å². The van der Waals surface area contributed by atoms with E-state index in [-0.39, 0.29) is 23.7 Å². The Morgan fingerprint density at radius 1 is 1.09 bits per heavy atom. The molecule has 4 fully saturated rings. The van der Waals surface area contributed by atoms with E-state index < -0.39 is 6.03 Å². The lowest BCUT2D eigenvalue weighted by atomic mass is 9.49. The van der Waals surface area contributed by atoms with Crippen LogP contribution in [0.15, 0.2) is 12.4 Å². The first-order valence-electron chi connectivity index (χ1n) is 13.3. The number of hydrogen-bond acceptors (Lipinski definition) is 5. The number of nitrogens with zero attached hydrogens (tertiary/aromatic N) is 4. The number of carbonyl (C=O) groups is 2. The molecule has 0 bridgehead atoms. The van der Waals surface area contributed by atoms with Gasteiger partial charge in [0.25, 0.3) is 0 Å². The Hall–Kier alpha value is -1.93. The number of urea groups is 1. The summed E-state index contributed by atoms with van der Waals surface area (Å²) >= 11 is 0. The third-order valence-electron chi connectivity index (χ3n) is 10.4. The molecule has 8 atom stereocenters. The highest BCUT2D eigenvalue weighted by Crippen LogP contribution is 2.64. The Labute approximate surface area is 203 Å². The van der Waals surface area contributed by atoms with Gasteiger partial charge in [-0.15, -0.1) is 0 Å². The maximum Gasteiger partial charge on any atom is 0.353 e. The molecule has 1 heterocycles. The van der Waals surface area contributed by atoms with Crippen LogP contribution in [0.3, 0.4) is 0 Å². The zero-order chi connectivity index (χ0) is 24.2. The van der Waals surface area contributed by atoms with Gasteiger partial charge in [0.05, 0.1) is 12.7 Å². The number of rotatable bonds is 4. The fourth-order valence-electron chi connectivity index (χ4n) is 8.74. The molecule has 8 unspecified atom stereocenters. The first-order valence-corrected chi connectivity index (χ1v) is 13.3. The van der Waals surface area contributed by atoms with E-state index in [4.69, 9.17) is 11.7 Å². The van der Waals surface area contributed by atoms with E-state index in [0.29, 0.717) is 11.6 Å². The first kappa shape index (κ1) is 23.8. The summed E-state index contributed by atoms with van der Waals surface area (Å²) in [5.74, 6) is 17.0. The summed E-state index contributed by atoms with van der Waals surface area (Å²) in [6.45, 7) is 4.68. The molecule has 1 aromatic rings. The zero-order valence-electron chi connectivity index (χ0n) is 21.0. The summed E-state index contributed by atoms with van der Waals surface area (Å²) in [6.07, 6.45) is 14.5. The molecule has 34 heavy (non-hydrogen) atoms. The van der Waals surface area contributed by atoms with Gasteiger partial charge < -0.3 is 0 Å². The van der Waals surface area contributed by atoms with Gasteiger partial charge in [-0.2, -0.15) is 5.10 Å². The monoisotopic (exact) mass is 470 g/mol. The van der Waals surface area contributed by atoms with Crippen molar-refractivity contribution in [1.82, 2.24) is 14.8 Å². The molecule has 188 valence electrons. The molecule has 8 nitrogen and oxygen atoms in total. The third kappa shape index (κ3) is 3.96. The average Bonchev–Trinajstić information content (AvgIpc) is 3.40. The number of aromatic nitrogens is 2. The third-order valence-corrected chi connectivity index (χ3v) is 10.4. The van der Waals surface area contributed by atoms with E-state index in [0.717, 1.165) is 58.9 Å². The van der Waals surface area contributed by atoms with Crippen molar-refractivity contribution in [2.75, 3.05) is 11.6 Å². The van der Waals surface area contributed by atoms with Crippen LogP contribution >= 0.6 is 0 Å². The Kier molecular flexibility index (Phi) is 6.25. The van der Waals surface area contributed by atoms with Crippen molar-refractivity contribution in [1.29, 1.82) is 0 Å². The number of aryl methyl sites for hydroxylation is 1. The second kappa shape index (κ2) is 8.94. The molecule has 4 saturated carbocycles. The molecule has 0 saturated heterocycles. The van der Waals surface area contributed by atoms with Crippen LogP contribution in [0.2, 0.25) is 0 Å². The molecule has 0 aromatic carbocycles. The van der Waals surface area contributed by atoms with E-state index in [1.807, 2.05) is 0 Å². The van der Waals surface area contributed by atoms with Crippen LogP contribution < -0.4 is 16.7 Å². The molecule has 4 N–H and O–H groups in total. The van der Waals surface area contributed by atoms with Gasteiger partial charge in [0.15, 0.2) is 5.78 Å². The number of fused-ring (bicyclic) bond motifs is 5. The first-order chi connectivity index (χ1) is 16.2. The van der Waals surface area contributed by atoms with Gasteiger partial charge in [-0.25, -0.2) is 21.5 Å². The summed E-state index contributed by atoms with van der Waals surface area (Å²) in [4.78, 5) is 26.2. The number of carbonyl (C=O) groups excluding carboxylic acids is 2. The highest BCUT2D eigenvalue weighted by Gasteiger charge is 2.58. The molecule has 0 spiro atoms. The maximum atomic E-state index is 13.5. The molecule has 4 aliphatic carbocycles. The molecule has 2 amide bonds. The highest BCUT2D eigenvalue weighted by molar-refractivity contribution is 5.94.